The van der Waals surface area contributed by atoms with Gasteiger partial charge in [0.25, 0.3) is 5.56 Å². The maximum absolute atomic E-state index is 13.6. The number of amidine groups is 1. The van der Waals surface area contributed by atoms with Crippen LogP contribution in [0.25, 0.3) is 5.70 Å². The number of aromatic nitrogens is 1. The average molecular weight is 502 g/mol. The van der Waals surface area contributed by atoms with Crippen molar-refractivity contribution < 1.29 is 13.2 Å². The number of nitrogens with one attached hydrogen (secondary N) is 2. The molecule has 2 heterocycles. The fourth-order valence-electron chi connectivity index (χ4n) is 3.84. The van der Waals surface area contributed by atoms with Crippen molar-refractivity contribution in [3.8, 4) is 0 Å². The van der Waals surface area contributed by atoms with Crippen molar-refractivity contribution in [3.05, 3.63) is 80.8 Å². The van der Waals surface area contributed by atoms with Crippen molar-refractivity contribution >= 4 is 45.3 Å². The number of halogens is 1. The number of aliphatic imine (C=N–C) groups is 1. The SMILES string of the molecule is C=C1CN=C(N)C(n2c(C3CC3)ccc(NS(=O)(=O)Cc3ccc(Cl)cc3)c2=O)=C1CNC=O. The third-order valence-corrected chi connectivity index (χ3v) is 7.12. The van der Waals surface area contributed by atoms with Crippen LogP contribution in [-0.2, 0) is 20.6 Å². The van der Waals surface area contributed by atoms with Crippen molar-refractivity contribution in [2.75, 3.05) is 17.8 Å². The van der Waals surface area contributed by atoms with E-state index in [4.69, 9.17) is 17.3 Å². The van der Waals surface area contributed by atoms with Crippen LogP contribution in [0.1, 0.15) is 30.0 Å². The quantitative estimate of drug-likeness (QED) is 0.452. The highest BCUT2D eigenvalue weighted by Gasteiger charge is 2.32. The lowest BCUT2D eigenvalue weighted by molar-refractivity contribution is -0.109. The third-order valence-electron chi connectivity index (χ3n) is 5.62. The van der Waals surface area contributed by atoms with Crippen molar-refractivity contribution in [2.45, 2.75) is 24.5 Å². The van der Waals surface area contributed by atoms with E-state index in [2.05, 4.69) is 21.6 Å². The Bertz CT molecular complexity index is 1370. The number of dihydropyridines is 1. The van der Waals surface area contributed by atoms with Gasteiger partial charge in [0.2, 0.25) is 16.4 Å². The topological polar surface area (TPSA) is 136 Å². The number of amides is 1. The zero-order chi connectivity index (χ0) is 24.5. The molecule has 1 saturated carbocycles. The average Bonchev–Trinajstić information content (AvgIpc) is 3.63. The molecule has 11 heteroatoms. The molecule has 0 unspecified atom stereocenters. The molecule has 1 aliphatic carbocycles. The second-order valence-electron chi connectivity index (χ2n) is 8.21. The normalized spacial score (nSPS) is 16.3. The summed E-state index contributed by atoms with van der Waals surface area (Å²) in [4.78, 5) is 28.8. The summed E-state index contributed by atoms with van der Waals surface area (Å²) in [7, 11) is -3.90. The van der Waals surface area contributed by atoms with Crippen LogP contribution in [0.2, 0.25) is 5.02 Å². The van der Waals surface area contributed by atoms with E-state index in [1.807, 2.05) is 0 Å². The van der Waals surface area contributed by atoms with E-state index in [0.717, 1.165) is 12.8 Å². The summed E-state index contributed by atoms with van der Waals surface area (Å²) >= 11 is 5.87. The first-order valence-electron chi connectivity index (χ1n) is 10.6. The predicted molar refractivity (Wildman–Crippen MR) is 133 cm³/mol. The summed E-state index contributed by atoms with van der Waals surface area (Å²) in [5.74, 6) is -0.0607. The molecule has 9 nitrogen and oxygen atoms in total. The Morgan fingerprint density at radius 2 is 1.91 bits per heavy atom. The fourth-order valence-corrected chi connectivity index (χ4v) is 5.16. The summed E-state index contributed by atoms with van der Waals surface area (Å²) < 4.78 is 29.5. The summed E-state index contributed by atoms with van der Waals surface area (Å²) in [5.41, 5.74) is 8.26. The molecule has 0 saturated heterocycles. The standard InChI is InChI=1S/C23H24ClN5O4S/c1-14-10-27-22(25)21(18(14)11-26-13-30)29-20(16-4-5-16)9-8-19(23(29)31)28-34(32,33)12-15-2-6-17(24)7-3-15/h2-3,6-9,13,16,28H,1,4-5,10-12H2,(H2,25,27)(H,26,30). The Morgan fingerprint density at radius 3 is 2.56 bits per heavy atom. The molecule has 1 aromatic heterocycles. The summed E-state index contributed by atoms with van der Waals surface area (Å²) in [5, 5.41) is 3.09. The highest BCUT2D eigenvalue weighted by molar-refractivity contribution is 7.91. The van der Waals surface area contributed by atoms with E-state index in [1.54, 1.807) is 30.3 Å². The number of benzene rings is 1. The molecule has 4 rings (SSSR count). The van der Waals surface area contributed by atoms with E-state index in [9.17, 15) is 18.0 Å². The number of sulfonamides is 1. The van der Waals surface area contributed by atoms with E-state index in [-0.39, 0.29) is 36.3 Å². The van der Waals surface area contributed by atoms with Gasteiger partial charge < -0.3 is 11.1 Å². The minimum Gasteiger partial charge on any atom is -0.382 e. The highest BCUT2D eigenvalue weighted by atomic mass is 35.5. The highest BCUT2D eigenvalue weighted by Crippen LogP contribution is 2.41. The predicted octanol–water partition coefficient (Wildman–Crippen LogP) is 2.21. The number of rotatable bonds is 9. The molecule has 0 atom stereocenters. The van der Waals surface area contributed by atoms with Crippen LogP contribution in [0.4, 0.5) is 5.69 Å². The van der Waals surface area contributed by atoms with Gasteiger partial charge in [0.15, 0.2) is 0 Å². The van der Waals surface area contributed by atoms with Crippen molar-refractivity contribution in [3.63, 3.8) is 0 Å². The van der Waals surface area contributed by atoms with Crippen LogP contribution in [-0.4, -0.2) is 38.3 Å². The molecule has 0 radical (unpaired) electrons. The van der Waals surface area contributed by atoms with Crippen LogP contribution in [0.5, 0.6) is 0 Å². The number of carbonyl (C=O) groups is 1. The van der Waals surface area contributed by atoms with Gasteiger partial charge in [-0.05, 0) is 54.2 Å². The van der Waals surface area contributed by atoms with Gasteiger partial charge in [0.05, 0.1) is 18.0 Å². The number of hydrogen-bond acceptors (Lipinski definition) is 6. The monoisotopic (exact) mass is 501 g/mol. The summed E-state index contributed by atoms with van der Waals surface area (Å²) in [6.45, 7) is 4.35. The van der Waals surface area contributed by atoms with E-state index >= 15 is 0 Å². The fraction of sp³-hybridized carbons (Fsp3) is 0.261. The maximum Gasteiger partial charge on any atom is 0.279 e. The smallest absolute Gasteiger partial charge is 0.279 e. The summed E-state index contributed by atoms with van der Waals surface area (Å²) in [6.07, 6.45) is 2.34. The van der Waals surface area contributed by atoms with Crippen molar-refractivity contribution in [2.24, 2.45) is 10.7 Å². The Labute approximate surface area is 202 Å². The molecule has 1 aromatic carbocycles. The lowest BCUT2D eigenvalue weighted by atomic mass is 10.0. The molecule has 2 aromatic rings. The van der Waals surface area contributed by atoms with Crippen LogP contribution in [0, 0.1) is 0 Å². The number of hydrogen-bond donors (Lipinski definition) is 3. The minimum absolute atomic E-state index is 0.108. The first-order valence-corrected chi connectivity index (χ1v) is 12.6. The van der Waals surface area contributed by atoms with E-state index in [1.165, 1.54) is 10.6 Å². The zero-order valence-electron chi connectivity index (χ0n) is 18.3. The van der Waals surface area contributed by atoms with Gasteiger partial charge in [-0.25, -0.2) is 8.42 Å². The molecule has 2 aliphatic rings. The molecule has 1 fully saturated rings. The molecule has 0 spiro atoms. The van der Waals surface area contributed by atoms with Crippen molar-refractivity contribution in [1.29, 1.82) is 0 Å². The first kappa shape index (κ1) is 23.8. The Kier molecular flexibility index (Phi) is 6.63. The summed E-state index contributed by atoms with van der Waals surface area (Å²) in [6, 6.07) is 9.62. The molecule has 34 heavy (non-hydrogen) atoms. The Balaban J connectivity index is 1.78. The van der Waals surface area contributed by atoms with Gasteiger partial charge >= 0.3 is 0 Å². The number of nitrogens with zero attached hydrogens (tertiary/aromatic N) is 2. The van der Waals surface area contributed by atoms with Gasteiger partial charge in [0.1, 0.15) is 11.5 Å². The largest absolute Gasteiger partial charge is 0.382 e. The van der Waals surface area contributed by atoms with E-state index in [0.29, 0.717) is 39.5 Å². The minimum atomic E-state index is -3.90. The van der Waals surface area contributed by atoms with Gasteiger partial charge in [0, 0.05) is 22.8 Å². The van der Waals surface area contributed by atoms with Crippen LogP contribution < -0.4 is 21.3 Å². The molecule has 178 valence electrons. The molecule has 4 N–H and O–H groups in total. The Morgan fingerprint density at radius 1 is 1.21 bits per heavy atom. The third kappa shape index (κ3) is 5.07. The van der Waals surface area contributed by atoms with Crippen LogP contribution in [0.15, 0.2) is 63.9 Å². The van der Waals surface area contributed by atoms with Gasteiger partial charge in [-0.2, -0.15) is 0 Å². The zero-order valence-corrected chi connectivity index (χ0v) is 19.8. The maximum atomic E-state index is 13.6. The molecule has 1 amide bonds. The first-order chi connectivity index (χ1) is 16.2. The molecule has 1 aliphatic heterocycles. The Hall–Kier alpha value is -3.37. The van der Waals surface area contributed by atoms with Crippen molar-refractivity contribution in [1.82, 2.24) is 9.88 Å². The number of nitrogens with two attached hydrogens (primary N) is 1. The van der Waals surface area contributed by atoms with E-state index < -0.39 is 15.6 Å². The second kappa shape index (κ2) is 9.47. The van der Waals surface area contributed by atoms with Gasteiger partial charge in [-0.15, -0.1) is 0 Å². The lowest BCUT2D eigenvalue weighted by Gasteiger charge is -2.25. The molecular formula is C23H24ClN5O4S. The number of anilines is 1. The number of pyridine rings is 1. The number of carbonyl (C=O) groups excluding carboxylic acids is 1. The van der Waals surface area contributed by atoms with Gasteiger partial charge in [-0.3, -0.25) is 23.9 Å². The second-order valence-corrected chi connectivity index (χ2v) is 10.4. The van der Waals surface area contributed by atoms with Crippen LogP contribution in [0.3, 0.4) is 0 Å². The lowest BCUT2D eigenvalue weighted by Crippen LogP contribution is -2.36. The molecule has 0 bridgehead atoms. The molecular weight excluding hydrogens is 478 g/mol. The van der Waals surface area contributed by atoms with Gasteiger partial charge in [-0.1, -0.05) is 30.3 Å². The van der Waals surface area contributed by atoms with Crippen LogP contribution >= 0.6 is 11.6 Å².